The first-order chi connectivity index (χ1) is 10.0. The van der Waals surface area contributed by atoms with E-state index < -0.39 is 11.4 Å². The number of carboxylic acids is 1. The zero-order valence-corrected chi connectivity index (χ0v) is 12.2. The van der Waals surface area contributed by atoms with E-state index in [1.165, 1.54) is 0 Å². The Labute approximate surface area is 124 Å². The van der Waals surface area contributed by atoms with Crippen molar-refractivity contribution in [2.24, 2.45) is 5.41 Å². The maximum atomic E-state index is 12.0. The van der Waals surface area contributed by atoms with Gasteiger partial charge in [-0.05, 0) is 37.0 Å². The van der Waals surface area contributed by atoms with E-state index in [0.29, 0.717) is 19.4 Å². The van der Waals surface area contributed by atoms with Crippen molar-refractivity contribution in [3.05, 3.63) is 30.1 Å². The molecule has 0 bridgehead atoms. The van der Waals surface area contributed by atoms with Crippen LogP contribution in [0.1, 0.15) is 24.8 Å². The first-order valence-corrected chi connectivity index (χ1v) is 7.15. The molecule has 21 heavy (non-hydrogen) atoms. The van der Waals surface area contributed by atoms with E-state index >= 15 is 0 Å². The summed E-state index contributed by atoms with van der Waals surface area (Å²) in [4.78, 5) is 28.7. The summed E-state index contributed by atoms with van der Waals surface area (Å²) in [5, 5.41) is 12.0. The summed E-state index contributed by atoms with van der Waals surface area (Å²) in [5.74, 6) is -0.812. The Morgan fingerprint density at radius 1 is 1.38 bits per heavy atom. The molecule has 1 saturated carbocycles. The van der Waals surface area contributed by atoms with Crippen molar-refractivity contribution >= 4 is 12.0 Å². The lowest BCUT2D eigenvalue weighted by Crippen LogP contribution is -2.50. The molecule has 1 aromatic heterocycles. The Balaban J connectivity index is 1.76. The molecule has 1 heterocycles. The van der Waals surface area contributed by atoms with Gasteiger partial charge in [0.1, 0.15) is 0 Å². The molecule has 0 spiro atoms. The highest BCUT2D eigenvalue weighted by Gasteiger charge is 2.44. The minimum absolute atomic E-state index is 0.209. The van der Waals surface area contributed by atoms with Crippen LogP contribution < -0.4 is 5.32 Å². The molecule has 2 N–H and O–H groups in total. The van der Waals surface area contributed by atoms with Gasteiger partial charge in [-0.3, -0.25) is 9.78 Å². The molecule has 6 heteroatoms. The second-order valence-corrected chi connectivity index (χ2v) is 5.62. The number of carbonyl (C=O) groups is 2. The average molecular weight is 291 g/mol. The maximum absolute atomic E-state index is 12.0. The van der Waals surface area contributed by atoms with Gasteiger partial charge in [-0.15, -0.1) is 0 Å². The Morgan fingerprint density at radius 2 is 2.05 bits per heavy atom. The zero-order chi connectivity index (χ0) is 15.3. The van der Waals surface area contributed by atoms with Crippen LogP contribution in [0.2, 0.25) is 0 Å². The summed E-state index contributed by atoms with van der Waals surface area (Å²) in [6.45, 7) is 0.788. The Kier molecular flexibility index (Phi) is 4.77. The van der Waals surface area contributed by atoms with Gasteiger partial charge in [0.15, 0.2) is 0 Å². The van der Waals surface area contributed by atoms with E-state index in [1.807, 2.05) is 12.1 Å². The number of hydrogen-bond acceptors (Lipinski definition) is 3. The summed E-state index contributed by atoms with van der Waals surface area (Å²) >= 11 is 0. The predicted octanol–water partition coefficient (Wildman–Crippen LogP) is 1.52. The maximum Gasteiger partial charge on any atom is 0.317 e. The van der Waals surface area contributed by atoms with Gasteiger partial charge in [-0.2, -0.15) is 0 Å². The highest BCUT2D eigenvalue weighted by atomic mass is 16.4. The molecular weight excluding hydrogens is 270 g/mol. The summed E-state index contributed by atoms with van der Waals surface area (Å²) in [7, 11) is 1.71. The van der Waals surface area contributed by atoms with Crippen LogP contribution in [0, 0.1) is 5.41 Å². The molecule has 1 aliphatic rings. The molecular formula is C15H21N3O3. The molecule has 0 unspecified atom stereocenters. The van der Waals surface area contributed by atoms with Crippen LogP contribution in [0.15, 0.2) is 24.5 Å². The van der Waals surface area contributed by atoms with Crippen LogP contribution in [0.4, 0.5) is 4.79 Å². The molecule has 2 amide bonds. The molecule has 1 fully saturated rings. The number of carboxylic acid groups (broad SMARTS) is 1. The number of nitrogens with zero attached hydrogens (tertiary/aromatic N) is 2. The summed E-state index contributed by atoms with van der Waals surface area (Å²) in [6, 6.07) is 3.61. The molecule has 6 nitrogen and oxygen atoms in total. The number of nitrogens with one attached hydrogen (secondary N) is 1. The fraction of sp³-hybridized carbons (Fsp3) is 0.533. The Morgan fingerprint density at radius 3 is 2.57 bits per heavy atom. The van der Waals surface area contributed by atoms with Crippen LogP contribution in [-0.4, -0.2) is 47.1 Å². The van der Waals surface area contributed by atoms with Crippen molar-refractivity contribution < 1.29 is 14.7 Å². The van der Waals surface area contributed by atoms with E-state index in [9.17, 15) is 14.7 Å². The molecule has 0 radical (unpaired) electrons. The number of urea groups is 1. The summed E-state index contributed by atoms with van der Waals surface area (Å²) < 4.78 is 0. The van der Waals surface area contributed by atoms with Gasteiger partial charge in [-0.25, -0.2) is 4.79 Å². The van der Waals surface area contributed by atoms with Crippen molar-refractivity contribution in [2.75, 3.05) is 20.1 Å². The Bertz CT molecular complexity index is 500. The minimum atomic E-state index is -0.812. The van der Waals surface area contributed by atoms with Gasteiger partial charge in [0.2, 0.25) is 0 Å². The highest BCUT2D eigenvalue weighted by Crippen LogP contribution is 2.40. The van der Waals surface area contributed by atoms with Gasteiger partial charge < -0.3 is 15.3 Å². The number of carbonyl (C=O) groups excluding carboxylic acids is 1. The molecule has 0 aliphatic heterocycles. The lowest BCUT2D eigenvalue weighted by atomic mass is 9.69. The first kappa shape index (κ1) is 15.3. The highest BCUT2D eigenvalue weighted by molar-refractivity contribution is 5.78. The van der Waals surface area contributed by atoms with Crippen LogP contribution >= 0.6 is 0 Å². The van der Waals surface area contributed by atoms with Crippen molar-refractivity contribution in [1.29, 1.82) is 0 Å². The van der Waals surface area contributed by atoms with Gasteiger partial charge in [0.05, 0.1) is 5.41 Å². The van der Waals surface area contributed by atoms with E-state index in [0.717, 1.165) is 18.4 Å². The van der Waals surface area contributed by atoms with Crippen LogP contribution in [0.3, 0.4) is 0 Å². The molecule has 1 aromatic rings. The number of rotatable bonds is 6. The number of aliphatic carboxylic acids is 1. The lowest BCUT2D eigenvalue weighted by molar-refractivity contribution is -0.153. The topological polar surface area (TPSA) is 82.5 Å². The molecule has 0 aromatic carbocycles. The normalized spacial score (nSPS) is 15.9. The lowest BCUT2D eigenvalue weighted by Gasteiger charge is -2.37. The minimum Gasteiger partial charge on any atom is -0.481 e. The predicted molar refractivity (Wildman–Crippen MR) is 77.9 cm³/mol. The largest absolute Gasteiger partial charge is 0.481 e. The van der Waals surface area contributed by atoms with E-state index in [-0.39, 0.29) is 12.6 Å². The molecule has 1 aliphatic carbocycles. The van der Waals surface area contributed by atoms with Crippen LogP contribution in [0.25, 0.3) is 0 Å². The Hall–Kier alpha value is -2.11. The second-order valence-electron chi connectivity index (χ2n) is 5.62. The fourth-order valence-corrected chi connectivity index (χ4v) is 2.40. The quantitative estimate of drug-likeness (QED) is 0.832. The van der Waals surface area contributed by atoms with E-state index in [4.69, 9.17) is 0 Å². The molecule has 0 saturated heterocycles. The standard InChI is InChI=1S/C15H21N3O3/c1-18(10-5-12-3-8-16-9-4-12)14(21)17-11-15(13(19)20)6-2-7-15/h3-4,8-9H,2,5-7,10-11H2,1H3,(H,17,21)(H,19,20). The third-order valence-corrected chi connectivity index (χ3v) is 4.17. The van der Waals surface area contributed by atoms with E-state index in [2.05, 4.69) is 10.3 Å². The van der Waals surface area contributed by atoms with Crippen LogP contribution in [-0.2, 0) is 11.2 Å². The third kappa shape index (κ3) is 3.71. The van der Waals surface area contributed by atoms with Crippen molar-refractivity contribution in [3.8, 4) is 0 Å². The monoisotopic (exact) mass is 291 g/mol. The van der Waals surface area contributed by atoms with Gasteiger partial charge in [-0.1, -0.05) is 6.42 Å². The number of pyridine rings is 1. The van der Waals surface area contributed by atoms with Crippen molar-refractivity contribution in [3.63, 3.8) is 0 Å². The fourth-order valence-electron chi connectivity index (χ4n) is 2.40. The third-order valence-electron chi connectivity index (χ3n) is 4.17. The van der Waals surface area contributed by atoms with Crippen molar-refractivity contribution in [1.82, 2.24) is 15.2 Å². The zero-order valence-electron chi connectivity index (χ0n) is 12.2. The SMILES string of the molecule is CN(CCc1ccncc1)C(=O)NCC1(C(=O)O)CCC1. The van der Waals surface area contributed by atoms with E-state index in [1.54, 1.807) is 24.3 Å². The number of likely N-dealkylation sites (N-methyl/N-ethyl adjacent to an activating group) is 1. The van der Waals surface area contributed by atoms with Crippen LogP contribution in [0.5, 0.6) is 0 Å². The van der Waals surface area contributed by atoms with Crippen molar-refractivity contribution in [2.45, 2.75) is 25.7 Å². The van der Waals surface area contributed by atoms with Gasteiger partial charge >= 0.3 is 12.0 Å². The number of hydrogen-bond donors (Lipinski definition) is 2. The second kappa shape index (κ2) is 6.56. The number of amides is 2. The average Bonchev–Trinajstić information content (AvgIpc) is 2.44. The molecule has 0 atom stereocenters. The van der Waals surface area contributed by atoms with Gasteiger partial charge in [0.25, 0.3) is 0 Å². The molecule has 114 valence electrons. The summed E-state index contributed by atoms with van der Waals surface area (Å²) in [5.41, 5.74) is 0.368. The molecule has 2 rings (SSSR count). The first-order valence-electron chi connectivity index (χ1n) is 7.15. The number of aromatic nitrogens is 1. The van der Waals surface area contributed by atoms with Gasteiger partial charge in [0, 0.05) is 32.5 Å². The smallest absolute Gasteiger partial charge is 0.317 e. The summed E-state index contributed by atoms with van der Waals surface area (Å²) in [6.07, 6.45) is 6.40.